The second kappa shape index (κ2) is 5.37. The molecule has 0 spiro atoms. The van der Waals surface area contributed by atoms with Crippen molar-refractivity contribution < 1.29 is 19.5 Å². The average molecular weight is 256 g/mol. The molecular weight excluding hydrogens is 236 g/mol. The van der Waals surface area contributed by atoms with Crippen LogP contribution in [0.2, 0.25) is 0 Å². The lowest BCUT2D eigenvalue weighted by molar-refractivity contribution is -0.149. The molecule has 0 radical (unpaired) electrons. The summed E-state index contributed by atoms with van der Waals surface area (Å²) < 4.78 is 0. The van der Waals surface area contributed by atoms with Crippen LogP contribution in [0.4, 0.5) is 0 Å². The van der Waals surface area contributed by atoms with E-state index in [9.17, 15) is 14.4 Å². The maximum atomic E-state index is 11.8. The first-order valence-corrected chi connectivity index (χ1v) is 6.18. The minimum atomic E-state index is -1.30. The zero-order chi connectivity index (χ0) is 13.9. The zero-order valence-electron chi connectivity index (χ0n) is 10.9. The van der Waals surface area contributed by atoms with E-state index < -0.39 is 23.3 Å². The van der Waals surface area contributed by atoms with Crippen molar-refractivity contribution in [1.29, 1.82) is 0 Å². The Morgan fingerprint density at radius 2 is 1.78 bits per heavy atom. The first-order chi connectivity index (χ1) is 8.33. The third-order valence-corrected chi connectivity index (χ3v) is 3.34. The minimum absolute atomic E-state index is 0.0335. The number of nitrogens with one attached hydrogen (secondary N) is 2. The van der Waals surface area contributed by atoms with E-state index in [2.05, 4.69) is 10.6 Å². The van der Waals surface area contributed by atoms with E-state index in [1.807, 2.05) is 13.8 Å². The Balaban J connectivity index is 2.50. The van der Waals surface area contributed by atoms with Crippen LogP contribution in [-0.2, 0) is 14.4 Å². The Hall–Kier alpha value is -1.59. The summed E-state index contributed by atoms with van der Waals surface area (Å²) in [6.45, 7) is 5.36. The summed E-state index contributed by atoms with van der Waals surface area (Å²) in [5.74, 6) is -1.98. The first kappa shape index (κ1) is 14.5. The molecular formula is C12H20N2O4. The number of carboxylic acids is 1. The smallest absolute Gasteiger partial charge is 0.319 e. The van der Waals surface area contributed by atoms with Crippen LogP contribution >= 0.6 is 0 Å². The summed E-state index contributed by atoms with van der Waals surface area (Å²) in [5, 5.41) is 14.1. The highest BCUT2D eigenvalue weighted by atomic mass is 16.4. The lowest BCUT2D eigenvalue weighted by Gasteiger charge is -2.19. The molecule has 0 aromatic heterocycles. The van der Waals surface area contributed by atoms with Crippen molar-refractivity contribution in [3.8, 4) is 0 Å². The third kappa shape index (κ3) is 3.00. The van der Waals surface area contributed by atoms with Crippen LogP contribution in [0.3, 0.4) is 0 Å². The second-order valence-corrected chi connectivity index (χ2v) is 4.90. The van der Waals surface area contributed by atoms with Gasteiger partial charge >= 0.3 is 5.97 Å². The summed E-state index contributed by atoms with van der Waals surface area (Å²) in [6.07, 6.45) is 1.48. The molecule has 1 rings (SSSR count). The summed E-state index contributed by atoms with van der Waals surface area (Å²) >= 11 is 0. The predicted octanol–water partition coefficient (Wildman–Crippen LogP) is 0.271. The van der Waals surface area contributed by atoms with Gasteiger partial charge in [0.2, 0.25) is 11.8 Å². The number of hydrogen-bond donors (Lipinski definition) is 3. The molecule has 0 aromatic carbocycles. The highest BCUT2D eigenvalue weighted by Crippen LogP contribution is 2.46. The fraction of sp³-hybridized carbons (Fsp3) is 0.750. The van der Waals surface area contributed by atoms with Gasteiger partial charge in [-0.15, -0.1) is 0 Å². The average Bonchev–Trinajstić information content (AvgIpc) is 3.09. The van der Waals surface area contributed by atoms with Gasteiger partial charge in [-0.3, -0.25) is 14.4 Å². The lowest BCUT2D eigenvalue weighted by Crippen LogP contribution is -2.50. The van der Waals surface area contributed by atoms with E-state index >= 15 is 0 Å². The van der Waals surface area contributed by atoms with Crippen molar-refractivity contribution in [1.82, 2.24) is 10.6 Å². The maximum Gasteiger partial charge on any atom is 0.319 e. The van der Waals surface area contributed by atoms with Gasteiger partial charge < -0.3 is 15.7 Å². The normalized spacial score (nSPS) is 19.5. The molecule has 2 unspecified atom stereocenters. The van der Waals surface area contributed by atoms with Crippen LogP contribution in [0, 0.1) is 5.41 Å². The van der Waals surface area contributed by atoms with Crippen LogP contribution in [0.15, 0.2) is 0 Å². The van der Waals surface area contributed by atoms with Crippen LogP contribution in [-0.4, -0.2) is 35.0 Å². The molecule has 1 saturated carbocycles. The highest BCUT2D eigenvalue weighted by Gasteiger charge is 2.57. The van der Waals surface area contributed by atoms with Gasteiger partial charge in [-0.1, -0.05) is 6.92 Å². The van der Waals surface area contributed by atoms with E-state index in [-0.39, 0.29) is 11.9 Å². The van der Waals surface area contributed by atoms with E-state index in [0.717, 1.165) is 6.42 Å². The molecule has 3 N–H and O–H groups in total. The van der Waals surface area contributed by atoms with Gasteiger partial charge in [-0.25, -0.2) is 0 Å². The molecule has 102 valence electrons. The molecule has 0 aliphatic heterocycles. The van der Waals surface area contributed by atoms with E-state index in [1.54, 1.807) is 6.92 Å². The van der Waals surface area contributed by atoms with E-state index in [0.29, 0.717) is 12.8 Å². The van der Waals surface area contributed by atoms with Gasteiger partial charge in [0.15, 0.2) is 0 Å². The van der Waals surface area contributed by atoms with E-state index in [4.69, 9.17) is 5.11 Å². The number of carboxylic acid groups (broad SMARTS) is 1. The molecule has 1 fully saturated rings. The zero-order valence-corrected chi connectivity index (χ0v) is 10.9. The van der Waals surface area contributed by atoms with Crippen LogP contribution < -0.4 is 10.6 Å². The summed E-state index contributed by atoms with van der Waals surface area (Å²) in [5.41, 5.74) is -1.30. The molecule has 6 heteroatoms. The Bertz CT molecular complexity index is 363. The molecule has 1 aliphatic carbocycles. The van der Waals surface area contributed by atoms with Crippen molar-refractivity contribution >= 4 is 17.8 Å². The molecule has 0 saturated heterocycles. The maximum absolute atomic E-state index is 11.8. The molecule has 18 heavy (non-hydrogen) atoms. The van der Waals surface area contributed by atoms with Crippen molar-refractivity contribution in [3.05, 3.63) is 0 Å². The number of rotatable bonds is 6. The molecule has 2 atom stereocenters. The van der Waals surface area contributed by atoms with Gasteiger partial charge in [0.25, 0.3) is 0 Å². The van der Waals surface area contributed by atoms with Gasteiger partial charge in [0.1, 0.15) is 11.5 Å². The molecule has 0 aromatic rings. The number of carbonyl (C=O) groups excluding carboxylic acids is 2. The van der Waals surface area contributed by atoms with Gasteiger partial charge in [-0.05, 0) is 33.1 Å². The number of aliphatic carboxylic acids is 1. The lowest BCUT2D eigenvalue weighted by atomic mass is 10.1. The predicted molar refractivity (Wildman–Crippen MR) is 64.8 cm³/mol. The number of carbonyl (C=O) groups is 3. The van der Waals surface area contributed by atoms with Crippen molar-refractivity contribution in [2.45, 2.75) is 52.1 Å². The third-order valence-electron chi connectivity index (χ3n) is 3.34. The van der Waals surface area contributed by atoms with Crippen molar-refractivity contribution in [3.63, 3.8) is 0 Å². The standard InChI is InChI=1S/C12H20N2O4/c1-4-7(2)13-9(15)8(3)14-10(16)12(5-6-12)11(17)18/h7-8H,4-6H2,1-3H3,(H,13,15)(H,14,16)(H,17,18). The fourth-order valence-electron chi connectivity index (χ4n) is 1.53. The van der Waals surface area contributed by atoms with E-state index in [1.165, 1.54) is 0 Å². The van der Waals surface area contributed by atoms with Crippen molar-refractivity contribution in [2.75, 3.05) is 0 Å². The molecule has 2 amide bonds. The summed E-state index contributed by atoms with van der Waals surface area (Å²) in [7, 11) is 0. The van der Waals surface area contributed by atoms with Crippen molar-refractivity contribution in [2.24, 2.45) is 5.41 Å². The Labute approximate surface area is 106 Å². The molecule has 1 aliphatic rings. The topological polar surface area (TPSA) is 95.5 Å². The Morgan fingerprint density at radius 3 is 2.17 bits per heavy atom. The molecule has 6 nitrogen and oxygen atoms in total. The van der Waals surface area contributed by atoms with Crippen LogP contribution in [0.5, 0.6) is 0 Å². The van der Waals surface area contributed by atoms with Gasteiger partial charge in [0, 0.05) is 6.04 Å². The monoisotopic (exact) mass is 256 g/mol. The summed E-state index contributed by atoms with van der Waals surface area (Å²) in [6, 6.07) is -0.686. The Kier molecular flexibility index (Phi) is 4.32. The number of hydrogen-bond acceptors (Lipinski definition) is 3. The van der Waals surface area contributed by atoms with Crippen LogP contribution in [0.1, 0.15) is 40.0 Å². The number of amides is 2. The van der Waals surface area contributed by atoms with Gasteiger partial charge in [-0.2, -0.15) is 0 Å². The quantitative estimate of drug-likeness (QED) is 0.594. The largest absolute Gasteiger partial charge is 0.480 e. The molecule has 0 heterocycles. The van der Waals surface area contributed by atoms with Crippen LogP contribution in [0.25, 0.3) is 0 Å². The Morgan fingerprint density at radius 1 is 1.22 bits per heavy atom. The fourth-order valence-corrected chi connectivity index (χ4v) is 1.53. The SMILES string of the molecule is CCC(C)NC(=O)C(C)NC(=O)C1(C(=O)O)CC1. The molecule has 0 bridgehead atoms. The van der Waals surface area contributed by atoms with Gasteiger partial charge in [0.05, 0.1) is 0 Å². The highest BCUT2D eigenvalue weighted by molar-refractivity contribution is 6.06. The first-order valence-electron chi connectivity index (χ1n) is 6.18. The second-order valence-electron chi connectivity index (χ2n) is 4.90. The minimum Gasteiger partial charge on any atom is -0.480 e. The summed E-state index contributed by atoms with van der Waals surface area (Å²) in [4.78, 5) is 34.4.